The highest BCUT2D eigenvalue weighted by Gasteiger charge is 2.29. The minimum Gasteiger partial charge on any atom is -0.315 e. The Kier molecular flexibility index (Phi) is 6.27. The van der Waals surface area contributed by atoms with Crippen molar-refractivity contribution in [3.8, 4) is 0 Å². The first-order chi connectivity index (χ1) is 10.9. The fraction of sp³-hybridized carbons (Fsp3) is 0.571. The van der Waals surface area contributed by atoms with Crippen molar-refractivity contribution in [3.63, 3.8) is 0 Å². The lowest BCUT2D eigenvalue weighted by Crippen LogP contribution is -2.36. The Labute approximate surface area is 149 Å². The molecule has 1 aromatic rings. The highest BCUT2D eigenvalue weighted by molar-refractivity contribution is 7.90. The van der Waals surface area contributed by atoms with Crippen molar-refractivity contribution in [1.82, 2.24) is 14.3 Å². The van der Waals surface area contributed by atoms with E-state index in [2.05, 4.69) is 10.0 Å². The third-order valence-electron chi connectivity index (χ3n) is 4.20. The molecule has 0 bridgehead atoms. The quantitative estimate of drug-likeness (QED) is 0.758. The van der Waals surface area contributed by atoms with Gasteiger partial charge >= 0.3 is 0 Å². The van der Waals surface area contributed by atoms with Gasteiger partial charge in [-0.3, -0.25) is 0 Å². The summed E-state index contributed by atoms with van der Waals surface area (Å²) in [5.41, 5.74) is 0. The Morgan fingerprint density at radius 3 is 2.38 bits per heavy atom. The van der Waals surface area contributed by atoms with Crippen LogP contribution in [0.25, 0.3) is 0 Å². The number of nitrogens with one attached hydrogen (secondary N) is 2. The van der Waals surface area contributed by atoms with Crippen LogP contribution in [0.2, 0.25) is 0 Å². The van der Waals surface area contributed by atoms with Gasteiger partial charge in [0.05, 0.1) is 9.79 Å². The van der Waals surface area contributed by atoms with Crippen LogP contribution in [-0.2, 0) is 20.0 Å². The molecule has 0 amide bonds. The predicted molar refractivity (Wildman–Crippen MR) is 93.3 cm³/mol. The smallest absolute Gasteiger partial charge is 0.243 e. The topological polar surface area (TPSA) is 95.6 Å². The maximum Gasteiger partial charge on any atom is 0.243 e. The van der Waals surface area contributed by atoms with E-state index in [4.69, 9.17) is 0 Å². The molecule has 24 heavy (non-hydrogen) atoms. The average Bonchev–Trinajstić information content (AvgIpc) is 3.20. The number of benzene rings is 1. The van der Waals surface area contributed by atoms with Crippen molar-refractivity contribution in [2.45, 2.75) is 35.1 Å². The van der Waals surface area contributed by atoms with Gasteiger partial charge in [0.2, 0.25) is 20.0 Å². The van der Waals surface area contributed by atoms with Crippen LogP contribution in [-0.4, -0.2) is 53.4 Å². The van der Waals surface area contributed by atoms with E-state index >= 15 is 0 Å². The van der Waals surface area contributed by atoms with Crippen LogP contribution in [0.5, 0.6) is 0 Å². The highest BCUT2D eigenvalue weighted by atomic mass is 35.5. The Bertz CT molecular complexity index is 771. The van der Waals surface area contributed by atoms with E-state index < -0.39 is 20.0 Å². The van der Waals surface area contributed by atoms with E-state index in [1.54, 1.807) is 0 Å². The molecule has 0 aliphatic carbocycles. The molecule has 7 nitrogen and oxygen atoms in total. The third-order valence-corrected chi connectivity index (χ3v) is 7.61. The van der Waals surface area contributed by atoms with Gasteiger partial charge < -0.3 is 5.32 Å². The minimum atomic E-state index is -3.72. The van der Waals surface area contributed by atoms with Gasteiger partial charge in [0.15, 0.2) is 0 Å². The van der Waals surface area contributed by atoms with E-state index in [1.807, 2.05) is 0 Å². The van der Waals surface area contributed by atoms with Crippen molar-refractivity contribution < 1.29 is 16.8 Å². The molecule has 1 atom stereocenters. The van der Waals surface area contributed by atoms with Crippen LogP contribution in [0, 0.1) is 0 Å². The predicted octanol–water partition coefficient (Wildman–Crippen LogP) is 0.533. The van der Waals surface area contributed by atoms with E-state index in [0.29, 0.717) is 19.6 Å². The number of rotatable bonds is 5. The first kappa shape index (κ1) is 19.6. The normalized spacial score (nSPS) is 22.4. The zero-order chi connectivity index (χ0) is 16.5. The SMILES string of the molecule is Cl.O=S(=O)(NC1CCNC1)c1cccc(S(=O)(=O)N2CCCC2)c1. The molecule has 2 aliphatic rings. The second kappa shape index (κ2) is 7.67. The largest absolute Gasteiger partial charge is 0.315 e. The van der Waals surface area contributed by atoms with Crippen molar-refractivity contribution in [2.24, 2.45) is 0 Å². The van der Waals surface area contributed by atoms with E-state index in [1.165, 1.54) is 28.6 Å². The molecule has 0 aromatic heterocycles. The van der Waals surface area contributed by atoms with Crippen LogP contribution in [0.15, 0.2) is 34.1 Å². The lowest BCUT2D eigenvalue weighted by Gasteiger charge is -2.17. The fourth-order valence-electron chi connectivity index (χ4n) is 2.92. The van der Waals surface area contributed by atoms with Crippen molar-refractivity contribution in [2.75, 3.05) is 26.2 Å². The zero-order valence-electron chi connectivity index (χ0n) is 13.1. The highest BCUT2D eigenvalue weighted by Crippen LogP contribution is 2.23. The van der Waals surface area contributed by atoms with Crippen molar-refractivity contribution in [1.29, 1.82) is 0 Å². The maximum absolute atomic E-state index is 12.6. The summed E-state index contributed by atoms with van der Waals surface area (Å²) < 4.78 is 54.0. The second-order valence-electron chi connectivity index (χ2n) is 5.90. The molecule has 0 radical (unpaired) electrons. The molecular weight excluding hydrogens is 374 g/mol. The first-order valence-corrected chi connectivity index (χ1v) is 10.7. The summed E-state index contributed by atoms with van der Waals surface area (Å²) in [6.45, 7) is 2.35. The van der Waals surface area contributed by atoms with Crippen molar-refractivity contribution in [3.05, 3.63) is 24.3 Å². The Hall–Kier alpha value is -0.710. The molecule has 1 aromatic carbocycles. The number of nitrogens with zero attached hydrogens (tertiary/aromatic N) is 1. The fourth-order valence-corrected chi connectivity index (χ4v) is 5.88. The van der Waals surface area contributed by atoms with Gasteiger partial charge in [-0.1, -0.05) is 6.07 Å². The Balaban J connectivity index is 0.00000208. The zero-order valence-corrected chi connectivity index (χ0v) is 15.6. The molecule has 1 unspecified atom stereocenters. The summed E-state index contributed by atoms with van der Waals surface area (Å²) in [5.74, 6) is 0. The maximum atomic E-state index is 12.6. The number of halogens is 1. The summed E-state index contributed by atoms with van der Waals surface area (Å²) in [7, 11) is -7.34. The number of hydrogen-bond donors (Lipinski definition) is 2. The van der Waals surface area contributed by atoms with Crippen molar-refractivity contribution >= 4 is 32.5 Å². The first-order valence-electron chi connectivity index (χ1n) is 7.73. The lowest BCUT2D eigenvalue weighted by atomic mass is 10.3. The van der Waals surface area contributed by atoms with Crippen LogP contribution < -0.4 is 10.0 Å². The molecule has 2 heterocycles. The van der Waals surface area contributed by atoms with Gasteiger partial charge in [0.25, 0.3) is 0 Å². The monoisotopic (exact) mass is 395 g/mol. The van der Waals surface area contributed by atoms with Gasteiger partial charge in [-0.05, 0) is 44.0 Å². The van der Waals surface area contributed by atoms with Gasteiger partial charge in [-0.15, -0.1) is 12.4 Å². The molecule has 0 saturated carbocycles. The van der Waals surface area contributed by atoms with Crippen LogP contribution in [0.1, 0.15) is 19.3 Å². The lowest BCUT2D eigenvalue weighted by molar-refractivity contribution is 0.477. The third kappa shape index (κ3) is 4.09. The molecule has 2 aliphatic heterocycles. The molecule has 2 saturated heterocycles. The standard InChI is InChI=1S/C14H21N3O4S2.ClH/c18-22(19,16-12-6-7-15-11-12)13-4-3-5-14(10-13)23(20,21)17-8-1-2-9-17;/h3-5,10,12,15-16H,1-2,6-9,11H2;1H. The number of hydrogen-bond acceptors (Lipinski definition) is 5. The van der Waals surface area contributed by atoms with Crippen LogP contribution in [0.4, 0.5) is 0 Å². The molecule has 0 spiro atoms. The molecule has 2 N–H and O–H groups in total. The van der Waals surface area contributed by atoms with Gasteiger partial charge in [-0.2, -0.15) is 4.31 Å². The summed E-state index contributed by atoms with van der Waals surface area (Å²) in [5, 5.41) is 3.09. The molecular formula is C14H22ClN3O4S2. The second-order valence-corrected chi connectivity index (χ2v) is 9.55. The molecule has 2 fully saturated rings. The summed E-state index contributed by atoms with van der Waals surface area (Å²) in [6.07, 6.45) is 2.41. The molecule has 10 heteroatoms. The minimum absolute atomic E-state index is 0. The van der Waals surface area contributed by atoms with E-state index in [-0.39, 0.29) is 28.2 Å². The van der Waals surface area contributed by atoms with Gasteiger partial charge in [-0.25, -0.2) is 21.6 Å². The Morgan fingerprint density at radius 2 is 1.75 bits per heavy atom. The van der Waals surface area contributed by atoms with Gasteiger partial charge in [0, 0.05) is 25.7 Å². The van der Waals surface area contributed by atoms with E-state index in [9.17, 15) is 16.8 Å². The Morgan fingerprint density at radius 1 is 1.08 bits per heavy atom. The van der Waals surface area contributed by atoms with Crippen LogP contribution >= 0.6 is 12.4 Å². The van der Waals surface area contributed by atoms with E-state index in [0.717, 1.165) is 25.8 Å². The number of sulfonamides is 2. The summed E-state index contributed by atoms with van der Waals surface area (Å²) in [6, 6.07) is 5.44. The van der Waals surface area contributed by atoms with Crippen LogP contribution in [0.3, 0.4) is 0 Å². The van der Waals surface area contributed by atoms with Gasteiger partial charge in [0.1, 0.15) is 0 Å². The molecule has 136 valence electrons. The summed E-state index contributed by atoms with van der Waals surface area (Å²) in [4.78, 5) is 0.0245. The average molecular weight is 396 g/mol. The summed E-state index contributed by atoms with van der Waals surface area (Å²) >= 11 is 0. The molecule has 3 rings (SSSR count).